The zero-order chi connectivity index (χ0) is 15.5. The van der Waals surface area contributed by atoms with Crippen molar-refractivity contribution in [3.63, 3.8) is 0 Å². The van der Waals surface area contributed by atoms with E-state index in [1.165, 1.54) is 4.31 Å². The molecule has 1 heterocycles. The van der Waals surface area contributed by atoms with Crippen molar-refractivity contribution in [1.82, 2.24) is 9.21 Å². The number of nitrogens with zero attached hydrogens (tertiary/aromatic N) is 2. The normalized spacial score (nSPS) is 17.5. The Morgan fingerprint density at radius 3 is 2.38 bits per heavy atom. The molecule has 1 saturated heterocycles. The Hall–Kier alpha value is -1.40. The molecule has 1 amide bonds. The minimum Gasteiger partial charge on any atom is -0.341 e. The molecule has 0 spiro atoms. The van der Waals surface area contributed by atoms with Crippen LogP contribution in [-0.4, -0.2) is 49.7 Å². The van der Waals surface area contributed by atoms with Gasteiger partial charge >= 0.3 is 0 Å². The Bertz CT molecular complexity index is 596. The highest BCUT2D eigenvalue weighted by Gasteiger charge is 2.27. The van der Waals surface area contributed by atoms with Gasteiger partial charge in [0.05, 0.1) is 4.90 Å². The maximum absolute atomic E-state index is 12.6. The van der Waals surface area contributed by atoms with Crippen LogP contribution in [0, 0.1) is 6.92 Å². The SMILES string of the molecule is CCC(=O)N1CCCN(S(=O)(=O)c2ccc(C)cc2)CC1. The van der Waals surface area contributed by atoms with E-state index in [1.54, 1.807) is 29.2 Å². The zero-order valence-corrected chi connectivity index (χ0v) is 13.4. The quantitative estimate of drug-likeness (QED) is 0.852. The summed E-state index contributed by atoms with van der Waals surface area (Å²) in [5.41, 5.74) is 1.03. The van der Waals surface area contributed by atoms with Gasteiger partial charge in [0.1, 0.15) is 0 Å². The van der Waals surface area contributed by atoms with Gasteiger partial charge in [-0.1, -0.05) is 24.6 Å². The number of benzene rings is 1. The van der Waals surface area contributed by atoms with E-state index in [9.17, 15) is 13.2 Å². The van der Waals surface area contributed by atoms with E-state index in [1.807, 2.05) is 13.8 Å². The number of carbonyl (C=O) groups excluding carboxylic acids is 1. The Labute approximate surface area is 126 Å². The van der Waals surface area contributed by atoms with Crippen LogP contribution < -0.4 is 0 Å². The third-order valence-electron chi connectivity index (χ3n) is 3.77. The highest BCUT2D eigenvalue weighted by atomic mass is 32.2. The summed E-state index contributed by atoms with van der Waals surface area (Å²) in [6, 6.07) is 6.89. The van der Waals surface area contributed by atoms with Gasteiger partial charge in [-0.25, -0.2) is 8.42 Å². The van der Waals surface area contributed by atoms with E-state index >= 15 is 0 Å². The van der Waals surface area contributed by atoms with Crippen molar-refractivity contribution in [2.45, 2.75) is 31.6 Å². The lowest BCUT2D eigenvalue weighted by molar-refractivity contribution is -0.130. The zero-order valence-electron chi connectivity index (χ0n) is 12.6. The number of sulfonamides is 1. The number of carbonyl (C=O) groups is 1. The van der Waals surface area contributed by atoms with Gasteiger partial charge in [0.2, 0.25) is 15.9 Å². The standard InChI is InChI=1S/C15H22N2O3S/c1-3-15(18)16-9-4-10-17(12-11-16)21(19,20)14-7-5-13(2)6-8-14/h5-8H,3-4,9-12H2,1-2H3. The van der Waals surface area contributed by atoms with Gasteiger partial charge in [-0.15, -0.1) is 0 Å². The second-order valence-electron chi connectivity index (χ2n) is 5.31. The monoisotopic (exact) mass is 310 g/mol. The smallest absolute Gasteiger partial charge is 0.243 e. The Morgan fingerprint density at radius 2 is 1.76 bits per heavy atom. The van der Waals surface area contributed by atoms with Gasteiger partial charge in [-0.05, 0) is 25.5 Å². The van der Waals surface area contributed by atoms with E-state index in [-0.39, 0.29) is 5.91 Å². The summed E-state index contributed by atoms with van der Waals surface area (Å²) in [6.07, 6.45) is 1.14. The van der Waals surface area contributed by atoms with Crippen molar-refractivity contribution < 1.29 is 13.2 Å². The molecule has 1 aromatic carbocycles. The lowest BCUT2D eigenvalue weighted by Crippen LogP contribution is -2.37. The first-order valence-electron chi connectivity index (χ1n) is 7.29. The molecule has 0 aliphatic carbocycles. The van der Waals surface area contributed by atoms with Crippen molar-refractivity contribution in [2.24, 2.45) is 0 Å². The molecule has 6 heteroatoms. The van der Waals surface area contributed by atoms with Gasteiger partial charge in [0.25, 0.3) is 0 Å². The maximum atomic E-state index is 12.6. The highest BCUT2D eigenvalue weighted by molar-refractivity contribution is 7.89. The van der Waals surface area contributed by atoms with Gasteiger partial charge in [0, 0.05) is 32.6 Å². The van der Waals surface area contributed by atoms with E-state index in [0.717, 1.165) is 5.56 Å². The van der Waals surface area contributed by atoms with E-state index < -0.39 is 10.0 Å². The maximum Gasteiger partial charge on any atom is 0.243 e. The minimum absolute atomic E-state index is 0.0876. The fraction of sp³-hybridized carbons (Fsp3) is 0.533. The van der Waals surface area contributed by atoms with Gasteiger partial charge < -0.3 is 4.90 Å². The van der Waals surface area contributed by atoms with Gasteiger partial charge in [-0.2, -0.15) is 4.31 Å². The molecule has 2 rings (SSSR count). The van der Waals surface area contributed by atoms with Crippen LogP contribution in [0.15, 0.2) is 29.2 Å². The van der Waals surface area contributed by atoms with Crippen molar-refractivity contribution in [3.8, 4) is 0 Å². The summed E-state index contributed by atoms with van der Waals surface area (Å²) in [5.74, 6) is 0.0876. The summed E-state index contributed by atoms with van der Waals surface area (Å²) < 4.78 is 26.7. The number of aryl methyl sites for hydroxylation is 1. The van der Waals surface area contributed by atoms with E-state index in [4.69, 9.17) is 0 Å². The predicted molar refractivity (Wildman–Crippen MR) is 81.4 cm³/mol. The Balaban J connectivity index is 2.14. The first-order valence-corrected chi connectivity index (χ1v) is 8.73. The average Bonchev–Trinajstić information content (AvgIpc) is 2.73. The summed E-state index contributed by atoms with van der Waals surface area (Å²) in [6.45, 7) is 5.68. The Morgan fingerprint density at radius 1 is 1.10 bits per heavy atom. The van der Waals surface area contributed by atoms with Crippen LogP contribution in [0.3, 0.4) is 0 Å². The van der Waals surface area contributed by atoms with Gasteiger partial charge in [-0.3, -0.25) is 4.79 Å². The molecule has 116 valence electrons. The largest absolute Gasteiger partial charge is 0.341 e. The first-order chi connectivity index (χ1) is 9.95. The molecular formula is C15H22N2O3S. The van der Waals surface area contributed by atoms with Crippen LogP contribution >= 0.6 is 0 Å². The van der Waals surface area contributed by atoms with E-state index in [0.29, 0.717) is 43.9 Å². The predicted octanol–water partition coefficient (Wildman–Crippen LogP) is 1.63. The van der Waals surface area contributed by atoms with Crippen molar-refractivity contribution in [1.29, 1.82) is 0 Å². The highest BCUT2D eigenvalue weighted by Crippen LogP contribution is 2.18. The molecule has 1 fully saturated rings. The number of amides is 1. The summed E-state index contributed by atoms with van der Waals surface area (Å²) >= 11 is 0. The van der Waals surface area contributed by atoms with Crippen molar-refractivity contribution >= 4 is 15.9 Å². The molecule has 1 aliphatic heterocycles. The lowest BCUT2D eigenvalue weighted by atomic mass is 10.2. The third kappa shape index (κ3) is 3.63. The van der Waals surface area contributed by atoms with Crippen LogP contribution in [0.1, 0.15) is 25.3 Å². The van der Waals surface area contributed by atoms with Crippen LogP contribution in [0.25, 0.3) is 0 Å². The molecule has 5 nitrogen and oxygen atoms in total. The van der Waals surface area contributed by atoms with Crippen LogP contribution in [0.4, 0.5) is 0 Å². The second-order valence-corrected chi connectivity index (χ2v) is 7.24. The van der Waals surface area contributed by atoms with Crippen LogP contribution in [0.2, 0.25) is 0 Å². The van der Waals surface area contributed by atoms with Crippen LogP contribution in [-0.2, 0) is 14.8 Å². The molecule has 0 unspecified atom stereocenters. The lowest BCUT2D eigenvalue weighted by Gasteiger charge is -2.21. The molecule has 21 heavy (non-hydrogen) atoms. The second kappa shape index (κ2) is 6.58. The van der Waals surface area contributed by atoms with E-state index in [2.05, 4.69) is 0 Å². The molecule has 0 N–H and O–H groups in total. The third-order valence-corrected chi connectivity index (χ3v) is 5.68. The van der Waals surface area contributed by atoms with Crippen LogP contribution in [0.5, 0.6) is 0 Å². The van der Waals surface area contributed by atoms with Crippen molar-refractivity contribution in [3.05, 3.63) is 29.8 Å². The van der Waals surface area contributed by atoms with Crippen molar-refractivity contribution in [2.75, 3.05) is 26.2 Å². The number of hydrogen-bond acceptors (Lipinski definition) is 3. The van der Waals surface area contributed by atoms with Gasteiger partial charge in [0.15, 0.2) is 0 Å². The summed E-state index contributed by atoms with van der Waals surface area (Å²) in [4.78, 5) is 13.8. The minimum atomic E-state index is -3.46. The fourth-order valence-corrected chi connectivity index (χ4v) is 3.94. The summed E-state index contributed by atoms with van der Waals surface area (Å²) in [5, 5.41) is 0. The number of hydrogen-bond donors (Lipinski definition) is 0. The molecule has 0 atom stereocenters. The molecule has 0 bridgehead atoms. The molecule has 1 aliphatic rings. The Kier molecular flexibility index (Phi) is 5.00. The fourth-order valence-electron chi connectivity index (χ4n) is 2.47. The molecule has 0 saturated carbocycles. The molecule has 0 aromatic heterocycles. The number of rotatable bonds is 3. The topological polar surface area (TPSA) is 57.7 Å². The molecule has 1 aromatic rings. The summed E-state index contributed by atoms with van der Waals surface area (Å²) in [7, 11) is -3.46. The molecule has 0 radical (unpaired) electrons. The average molecular weight is 310 g/mol. The molecular weight excluding hydrogens is 288 g/mol. The first kappa shape index (κ1) is 16.0.